The van der Waals surface area contributed by atoms with Crippen molar-refractivity contribution in [2.45, 2.75) is 26.3 Å². The topological polar surface area (TPSA) is 55.8 Å². The van der Waals surface area contributed by atoms with Gasteiger partial charge in [-0.1, -0.05) is 42.5 Å². The van der Waals surface area contributed by atoms with Gasteiger partial charge in [0.2, 0.25) is 5.91 Å². The van der Waals surface area contributed by atoms with Gasteiger partial charge < -0.3 is 14.4 Å². The molecule has 0 aromatic heterocycles. The number of nitrogens with zero attached hydrogens (tertiary/aromatic N) is 1. The number of esters is 1. The summed E-state index contributed by atoms with van der Waals surface area (Å²) in [5.41, 5.74) is 3.05. The Labute approximate surface area is 159 Å². The predicted molar refractivity (Wildman–Crippen MR) is 103 cm³/mol. The number of carbonyl (C=O) groups excluding carboxylic acids is 2. The summed E-state index contributed by atoms with van der Waals surface area (Å²) < 4.78 is 10.5. The molecule has 0 atom stereocenters. The van der Waals surface area contributed by atoms with Crippen LogP contribution in [0.25, 0.3) is 5.57 Å². The van der Waals surface area contributed by atoms with Gasteiger partial charge in [-0.3, -0.25) is 4.79 Å². The van der Waals surface area contributed by atoms with E-state index in [9.17, 15) is 9.59 Å². The number of amides is 1. The van der Waals surface area contributed by atoms with Gasteiger partial charge in [0.1, 0.15) is 11.4 Å². The van der Waals surface area contributed by atoms with Gasteiger partial charge in [-0.2, -0.15) is 0 Å². The van der Waals surface area contributed by atoms with E-state index in [0.29, 0.717) is 25.1 Å². The van der Waals surface area contributed by atoms with Gasteiger partial charge in [0, 0.05) is 6.42 Å². The van der Waals surface area contributed by atoms with Crippen molar-refractivity contribution in [1.29, 1.82) is 0 Å². The molecule has 0 saturated heterocycles. The molecule has 1 aliphatic heterocycles. The van der Waals surface area contributed by atoms with E-state index in [0.717, 1.165) is 22.4 Å². The molecule has 0 fully saturated rings. The molecule has 5 nitrogen and oxygen atoms in total. The summed E-state index contributed by atoms with van der Waals surface area (Å²) in [6.45, 7) is 2.33. The normalized spacial score (nSPS) is 14.3. The van der Waals surface area contributed by atoms with E-state index in [2.05, 4.69) is 0 Å². The van der Waals surface area contributed by atoms with Crippen molar-refractivity contribution in [2.24, 2.45) is 0 Å². The van der Waals surface area contributed by atoms with Crippen molar-refractivity contribution in [3.05, 3.63) is 71.4 Å². The Morgan fingerprint density at radius 1 is 1.04 bits per heavy atom. The average Bonchev–Trinajstić information content (AvgIpc) is 2.70. The molecule has 1 heterocycles. The van der Waals surface area contributed by atoms with E-state index in [-0.39, 0.29) is 12.5 Å². The smallest absolute Gasteiger partial charge is 0.355 e. The monoisotopic (exact) mass is 365 g/mol. The molecular formula is C22H23NO4. The van der Waals surface area contributed by atoms with Crippen LogP contribution in [0, 0.1) is 0 Å². The SMILES string of the molecule is CCOC(=O)C1=C(c2ccccc2)CCC(=O)N1Cc1ccc(OC)cc1. The van der Waals surface area contributed by atoms with Crippen molar-refractivity contribution < 1.29 is 19.1 Å². The minimum Gasteiger partial charge on any atom is -0.497 e. The highest BCUT2D eigenvalue weighted by Gasteiger charge is 2.32. The van der Waals surface area contributed by atoms with Crippen molar-refractivity contribution in [3.63, 3.8) is 0 Å². The fraction of sp³-hybridized carbons (Fsp3) is 0.273. The molecular weight excluding hydrogens is 342 g/mol. The second kappa shape index (κ2) is 8.54. The molecule has 3 rings (SSSR count). The lowest BCUT2D eigenvalue weighted by Gasteiger charge is -2.31. The molecule has 2 aromatic rings. The van der Waals surface area contributed by atoms with Gasteiger partial charge in [0.05, 0.1) is 20.3 Å². The zero-order valence-corrected chi connectivity index (χ0v) is 15.6. The molecule has 1 amide bonds. The maximum atomic E-state index is 12.7. The molecule has 27 heavy (non-hydrogen) atoms. The van der Waals surface area contributed by atoms with Gasteiger partial charge in [-0.15, -0.1) is 0 Å². The predicted octanol–water partition coefficient (Wildman–Crippen LogP) is 3.79. The third kappa shape index (κ3) is 4.19. The van der Waals surface area contributed by atoms with Crippen LogP contribution in [0.5, 0.6) is 5.75 Å². The first-order valence-electron chi connectivity index (χ1n) is 9.03. The van der Waals surface area contributed by atoms with Gasteiger partial charge in [-0.05, 0) is 42.2 Å². The average molecular weight is 365 g/mol. The second-order valence-electron chi connectivity index (χ2n) is 6.24. The van der Waals surface area contributed by atoms with E-state index in [1.807, 2.05) is 54.6 Å². The lowest BCUT2D eigenvalue weighted by Crippen LogP contribution is -2.37. The molecule has 2 aromatic carbocycles. The number of rotatable bonds is 6. The quantitative estimate of drug-likeness (QED) is 0.731. The molecule has 0 spiro atoms. The van der Waals surface area contributed by atoms with Crippen LogP contribution in [-0.2, 0) is 20.9 Å². The van der Waals surface area contributed by atoms with Gasteiger partial charge in [0.15, 0.2) is 0 Å². The van der Waals surface area contributed by atoms with Crippen molar-refractivity contribution in [1.82, 2.24) is 4.90 Å². The maximum absolute atomic E-state index is 12.7. The zero-order chi connectivity index (χ0) is 19.2. The highest BCUT2D eigenvalue weighted by atomic mass is 16.5. The minimum atomic E-state index is -0.460. The second-order valence-corrected chi connectivity index (χ2v) is 6.24. The fourth-order valence-corrected chi connectivity index (χ4v) is 3.21. The Balaban J connectivity index is 2.01. The van der Waals surface area contributed by atoms with Crippen molar-refractivity contribution in [3.8, 4) is 5.75 Å². The van der Waals surface area contributed by atoms with E-state index in [1.54, 1.807) is 18.9 Å². The standard InChI is InChI=1S/C22H23NO4/c1-3-27-22(25)21-19(17-7-5-4-6-8-17)13-14-20(24)23(21)15-16-9-11-18(26-2)12-10-16/h4-12H,3,13-15H2,1-2H3. The Morgan fingerprint density at radius 2 is 1.74 bits per heavy atom. The zero-order valence-electron chi connectivity index (χ0n) is 15.6. The van der Waals surface area contributed by atoms with Crippen LogP contribution in [0.15, 0.2) is 60.3 Å². The minimum absolute atomic E-state index is 0.0754. The molecule has 0 bridgehead atoms. The van der Waals surface area contributed by atoms with E-state index in [4.69, 9.17) is 9.47 Å². The first-order chi connectivity index (χ1) is 13.1. The van der Waals surface area contributed by atoms with Gasteiger partial charge >= 0.3 is 5.97 Å². The first kappa shape index (κ1) is 18.7. The Kier molecular flexibility index (Phi) is 5.91. The molecule has 140 valence electrons. The molecule has 0 N–H and O–H groups in total. The largest absolute Gasteiger partial charge is 0.497 e. The van der Waals surface area contributed by atoms with Crippen LogP contribution in [0.2, 0.25) is 0 Å². The third-order valence-electron chi connectivity index (χ3n) is 4.54. The maximum Gasteiger partial charge on any atom is 0.355 e. The summed E-state index contributed by atoms with van der Waals surface area (Å²) >= 11 is 0. The number of hydrogen-bond donors (Lipinski definition) is 0. The Bertz CT molecular complexity index is 840. The number of allylic oxidation sites excluding steroid dienone is 1. The van der Waals surface area contributed by atoms with Crippen LogP contribution < -0.4 is 4.74 Å². The lowest BCUT2D eigenvalue weighted by atomic mass is 9.94. The Morgan fingerprint density at radius 3 is 2.37 bits per heavy atom. The number of ether oxygens (including phenoxy) is 2. The summed E-state index contributed by atoms with van der Waals surface area (Å²) in [4.78, 5) is 27.0. The Hall–Kier alpha value is -3.08. The van der Waals surface area contributed by atoms with E-state index >= 15 is 0 Å². The summed E-state index contributed by atoms with van der Waals surface area (Å²) in [6, 6.07) is 17.2. The molecule has 0 saturated carbocycles. The van der Waals surface area contributed by atoms with Crippen molar-refractivity contribution in [2.75, 3.05) is 13.7 Å². The van der Waals surface area contributed by atoms with Gasteiger partial charge in [-0.25, -0.2) is 4.79 Å². The summed E-state index contributed by atoms with van der Waals surface area (Å²) in [5, 5.41) is 0. The van der Waals surface area contributed by atoms with Crippen LogP contribution in [0.4, 0.5) is 0 Å². The fourth-order valence-electron chi connectivity index (χ4n) is 3.21. The number of methoxy groups -OCH3 is 1. The van der Waals surface area contributed by atoms with Gasteiger partial charge in [0.25, 0.3) is 0 Å². The van der Waals surface area contributed by atoms with Crippen LogP contribution >= 0.6 is 0 Å². The highest BCUT2D eigenvalue weighted by molar-refractivity contribution is 6.03. The molecule has 0 aliphatic carbocycles. The number of carbonyl (C=O) groups is 2. The lowest BCUT2D eigenvalue weighted by molar-refractivity contribution is -0.144. The van der Waals surface area contributed by atoms with Crippen molar-refractivity contribution >= 4 is 17.4 Å². The molecule has 1 aliphatic rings. The van der Waals surface area contributed by atoms with Crippen LogP contribution in [0.3, 0.4) is 0 Å². The third-order valence-corrected chi connectivity index (χ3v) is 4.54. The van der Waals surface area contributed by atoms with E-state index < -0.39 is 5.97 Å². The molecule has 5 heteroatoms. The van der Waals surface area contributed by atoms with E-state index in [1.165, 1.54) is 0 Å². The van der Waals surface area contributed by atoms with Crippen LogP contribution in [0.1, 0.15) is 30.9 Å². The summed E-state index contributed by atoms with van der Waals surface area (Å²) in [7, 11) is 1.61. The summed E-state index contributed by atoms with van der Waals surface area (Å²) in [6.07, 6.45) is 0.888. The van der Waals surface area contributed by atoms with Crippen LogP contribution in [-0.4, -0.2) is 30.5 Å². The molecule has 0 unspecified atom stereocenters. The number of hydrogen-bond acceptors (Lipinski definition) is 4. The highest BCUT2D eigenvalue weighted by Crippen LogP contribution is 2.33. The molecule has 0 radical (unpaired) electrons. The summed E-state index contributed by atoms with van der Waals surface area (Å²) in [5.74, 6) is 0.210. The first-order valence-corrected chi connectivity index (χ1v) is 9.03. The number of benzene rings is 2.